The molecule has 3 aromatic heterocycles. The molecule has 6 nitrogen and oxygen atoms in total. The lowest BCUT2D eigenvalue weighted by molar-refractivity contribution is -0.121. The van der Waals surface area contributed by atoms with Crippen LogP contribution in [0.25, 0.3) is 16.9 Å². The second-order valence-electron chi connectivity index (χ2n) is 7.05. The van der Waals surface area contributed by atoms with Crippen LogP contribution in [-0.2, 0) is 17.9 Å². The number of nitrogens with zero attached hydrogens (tertiary/aromatic N) is 4. The van der Waals surface area contributed by atoms with Gasteiger partial charge < -0.3 is 9.88 Å². The number of hydrogen-bond acceptors (Lipinski definition) is 3. The molecule has 4 aromatic rings. The first-order valence-electron chi connectivity index (χ1n) is 9.32. The Labute approximate surface area is 163 Å². The zero-order valence-electron chi connectivity index (χ0n) is 16.3. The number of rotatable bonds is 5. The molecule has 0 radical (unpaired) electrons. The van der Waals surface area contributed by atoms with Crippen molar-refractivity contribution in [3.8, 4) is 5.82 Å². The lowest BCUT2D eigenvalue weighted by Crippen LogP contribution is -2.28. The molecular formula is C22H23N5O. The van der Waals surface area contributed by atoms with Crippen molar-refractivity contribution in [2.75, 3.05) is 0 Å². The highest BCUT2D eigenvalue weighted by Gasteiger charge is 2.17. The van der Waals surface area contributed by atoms with Crippen molar-refractivity contribution in [3.63, 3.8) is 0 Å². The number of amides is 1. The Balaban J connectivity index is 1.63. The molecule has 0 saturated heterocycles. The summed E-state index contributed by atoms with van der Waals surface area (Å²) in [5.41, 5.74) is 5.00. The highest BCUT2D eigenvalue weighted by molar-refractivity contribution is 5.88. The molecule has 1 aromatic carbocycles. The van der Waals surface area contributed by atoms with Gasteiger partial charge in [0.15, 0.2) is 11.5 Å². The molecule has 28 heavy (non-hydrogen) atoms. The number of carbonyl (C=O) groups excluding carboxylic acids is 1. The molecule has 0 saturated carbocycles. The van der Waals surface area contributed by atoms with E-state index < -0.39 is 0 Å². The number of aromatic nitrogens is 4. The number of carbonyl (C=O) groups is 1. The summed E-state index contributed by atoms with van der Waals surface area (Å²) in [5, 5.41) is 8.66. The Kier molecular flexibility index (Phi) is 4.69. The predicted molar refractivity (Wildman–Crippen MR) is 109 cm³/mol. The maximum absolute atomic E-state index is 12.6. The van der Waals surface area contributed by atoms with E-state index in [0.717, 1.165) is 39.2 Å². The molecule has 0 aliphatic rings. The number of pyridine rings is 1. The van der Waals surface area contributed by atoms with Crippen LogP contribution in [0.4, 0.5) is 0 Å². The van der Waals surface area contributed by atoms with E-state index in [0.29, 0.717) is 6.54 Å². The smallest absolute Gasteiger partial charge is 0.242 e. The summed E-state index contributed by atoms with van der Waals surface area (Å²) >= 11 is 0. The van der Waals surface area contributed by atoms with Gasteiger partial charge in [-0.1, -0.05) is 24.3 Å². The van der Waals surface area contributed by atoms with Crippen molar-refractivity contribution in [2.45, 2.75) is 33.9 Å². The standard InChI is InChI=1S/C22H23N5O/c1-15-8-4-5-9-18(15)13-23-19(28)14-27-21-20(16(2)12-17(3)24-21)22(25-27)26-10-6-7-11-26/h4-12H,13-14H2,1-3H3,(H,23,28). The first-order chi connectivity index (χ1) is 13.5. The number of benzene rings is 1. The maximum Gasteiger partial charge on any atom is 0.242 e. The van der Waals surface area contributed by atoms with E-state index in [1.54, 1.807) is 4.68 Å². The number of nitrogens with one attached hydrogen (secondary N) is 1. The average Bonchev–Trinajstić information content (AvgIpc) is 3.29. The molecule has 0 atom stereocenters. The van der Waals surface area contributed by atoms with Crippen LogP contribution in [0, 0.1) is 20.8 Å². The van der Waals surface area contributed by atoms with Crippen LogP contribution >= 0.6 is 0 Å². The van der Waals surface area contributed by atoms with Gasteiger partial charge in [-0.25, -0.2) is 9.67 Å². The van der Waals surface area contributed by atoms with E-state index in [1.807, 2.05) is 80.2 Å². The molecule has 0 unspecified atom stereocenters. The largest absolute Gasteiger partial charge is 0.350 e. The van der Waals surface area contributed by atoms with E-state index >= 15 is 0 Å². The van der Waals surface area contributed by atoms with Crippen LogP contribution in [0.1, 0.15) is 22.4 Å². The molecule has 3 heterocycles. The van der Waals surface area contributed by atoms with Crippen LogP contribution in [-0.4, -0.2) is 25.2 Å². The fourth-order valence-corrected chi connectivity index (χ4v) is 3.45. The molecule has 4 rings (SSSR count). The Hall–Kier alpha value is -3.41. The van der Waals surface area contributed by atoms with Crippen molar-refractivity contribution in [1.82, 2.24) is 24.6 Å². The van der Waals surface area contributed by atoms with Crippen LogP contribution in [0.15, 0.2) is 54.9 Å². The van der Waals surface area contributed by atoms with Crippen LogP contribution in [0.3, 0.4) is 0 Å². The highest BCUT2D eigenvalue weighted by atomic mass is 16.2. The number of aryl methyl sites for hydroxylation is 3. The molecule has 1 N–H and O–H groups in total. The molecular weight excluding hydrogens is 350 g/mol. The van der Waals surface area contributed by atoms with Gasteiger partial charge in [0.2, 0.25) is 5.91 Å². The molecule has 0 spiro atoms. The highest BCUT2D eigenvalue weighted by Crippen LogP contribution is 2.25. The SMILES string of the molecule is Cc1cc(C)c2c(-n3cccc3)nn(CC(=O)NCc3ccccc3C)c2n1. The van der Waals surface area contributed by atoms with Gasteiger partial charge in [0.1, 0.15) is 6.54 Å². The van der Waals surface area contributed by atoms with Crippen molar-refractivity contribution in [2.24, 2.45) is 0 Å². The zero-order chi connectivity index (χ0) is 19.7. The van der Waals surface area contributed by atoms with Gasteiger partial charge >= 0.3 is 0 Å². The van der Waals surface area contributed by atoms with E-state index in [-0.39, 0.29) is 12.5 Å². The number of hydrogen-bond donors (Lipinski definition) is 1. The summed E-state index contributed by atoms with van der Waals surface area (Å²) < 4.78 is 3.64. The van der Waals surface area contributed by atoms with Gasteiger partial charge in [0.25, 0.3) is 0 Å². The lowest BCUT2D eigenvalue weighted by Gasteiger charge is -2.08. The fourth-order valence-electron chi connectivity index (χ4n) is 3.45. The van der Waals surface area contributed by atoms with Crippen LogP contribution in [0.5, 0.6) is 0 Å². The Bertz CT molecular complexity index is 1140. The van der Waals surface area contributed by atoms with Crippen molar-refractivity contribution >= 4 is 16.9 Å². The van der Waals surface area contributed by atoms with Gasteiger partial charge in [-0.15, -0.1) is 0 Å². The minimum Gasteiger partial charge on any atom is -0.350 e. The fraction of sp³-hybridized carbons (Fsp3) is 0.227. The zero-order valence-corrected chi connectivity index (χ0v) is 16.3. The molecule has 0 fully saturated rings. The summed E-state index contributed by atoms with van der Waals surface area (Å²) in [6.45, 7) is 6.67. The van der Waals surface area contributed by atoms with Gasteiger partial charge in [-0.3, -0.25) is 4.79 Å². The lowest BCUT2D eigenvalue weighted by atomic mass is 10.1. The van der Waals surface area contributed by atoms with Crippen LogP contribution in [0.2, 0.25) is 0 Å². The minimum atomic E-state index is -0.0901. The quantitative estimate of drug-likeness (QED) is 0.583. The van der Waals surface area contributed by atoms with E-state index in [9.17, 15) is 4.79 Å². The molecule has 0 aliphatic carbocycles. The van der Waals surface area contributed by atoms with E-state index in [2.05, 4.69) is 10.3 Å². The molecule has 1 amide bonds. The molecule has 142 valence electrons. The van der Waals surface area contributed by atoms with Gasteiger partial charge in [0.05, 0.1) is 5.39 Å². The predicted octanol–water partition coefficient (Wildman–Crippen LogP) is 3.46. The van der Waals surface area contributed by atoms with E-state index in [1.165, 1.54) is 0 Å². The van der Waals surface area contributed by atoms with Crippen molar-refractivity contribution < 1.29 is 4.79 Å². The van der Waals surface area contributed by atoms with Gasteiger partial charge in [-0.2, -0.15) is 5.10 Å². The Morgan fingerprint density at radius 1 is 1.04 bits per heavy atom. The first kappa shape index (κ1) is 18.0. The molecule has 6 heteroatoms. The normalized spacial score (nSPS) is 11.1. The summed E-state index contributed by atoms with van der Waals surface area (Å²) in [6, 6.07) is 14.0. The molecule has 0 aliphatic heterocycles. The Morgan fingerprint density at radius 2 is 1.79 bits per heavy atom. The van der Waals surface area contributed by atoms with Crippen LogP contribution < -0.4 is 5.32 Å². The summed E-state index contributed by atoms with van der Waals surface area (Å²) in [4.78, 5) is 17.3. The summed E-state index contributed by atoms with van der Waals surface area (Å²) in [6.07, 6.45) is 3.90. The third-order valence-corrected chi connectivity index (χ3v) is 4.89. The monoisotopic (exact) mass is 373 g/mol. The summed E-state index contributed by atoms with van der Waals surface area (Å²) in [5.74, 6) is 0.698. The molecule has 0 bridgehead atoms. The second-order valence-corrected chi connectivity index (χ2v) is 7.05. The third-order valence-electron chi connectivity index (χ3n) is 4.89. The first-order valence-corrected chi connectivity index (χ1v) is 9.32. The second kappa shape index (κ2) is 7.31. The van der Waals surface area contributed by atoms with E-state index in [4.69, 9.17) is 5.10 Å². The van der Waals surface area contributed by atoms with Crippen molar-refractivity contribution in [1.29, 1.82) is 0 Å². The topological polar surface area (TPSA) is 64.7 Å². The summed E-state index contributed by atoms with van der Waals surface area (Å²) in [7, 11) is 0. The third kappa shape index (κ3) is 3.41. The average molecular weight is 373 g/mol. The maximum atomic E-state index is 12.6. The van der Waals surface area contributed by atoms with Gasteiger partial charge in [-0.05, 0) is 55.7 Å². The minimum absolute atomic E-state index is 0.0901. The number of fused-ring (bicyclic) bond motifs is 1. The Morgan fingerprint density at radius 3 is 2.54 bits per heavy atom. The van der Waals surface area contributed by atoms with Crippen molar-refractivity contribution in [3.05, 3.63) is 77.2 Å². The van der Waals surface area contributed by atoms with Gasteiger partial charge in [0, 0.05) is 24.6 Å².